The molecule has 1 heterocycles. The van der Waals surface area contributed by atoms with Crippen molar-refractivity contribution in [2.45, 2.75) is 13.0 Å². The second-order valence-corrected chi connectivity index (χ2v) is 3.50. The van der Waals surface area contributed by atoms with E-state index in [2.05, 4.69) is 4.98 Å². The van der Waals surface area contributed by atoms with Crippen LogP contribution in [0.5, 0.6) is 0 Å². The van der Waals surface area contributed by atoms with Gasteiger partial charge in [0, 0.05) is 19.8 Å². The molecule has 0 bridgehead atoms. The van der Waals surface area contributed by atoms with E-state index < -0.39 is 0 Å². The summed E-state index contributed by atoms with van der Waals surface area (Å²) < 4.78 is 0. The van der Waals surface area contributed by atoms with E-state index in [-0.39, 0.29) is 6.10 Å². The van der Waals surface area contributed by atoms with E-state index in [0.717, 1.165) is 5.82 Å². The third kappa shape index (κ3) is 3.20. The zero-order chi connectivity index (χ0) is 9.84. The molecule has 4 heteroatoms. The number of nitrogens with zero attached hydrogens (tertiary/aromatic N) is 2. The van der Waals surface area contributed by atoms with Crippen molar-refractivity contribution in [3.63, 3.8) is 0 Å². The van der Waals surface area contributed by atoms with Gasteiger partial charge in [-0.2, -0.15) is 0 Å². The van der Waals surface area contributed by atoms with E-state index in [9.17, 15) is 0 Å². The van der Waals surface area contributed by atoms with Crippen LogP contribution in [-0.4, -0.2) is 29.8 Å². The predicted octanol–water partition coefficient (Wildman–Crippen LogP) is 1.55. The number of aliphatic hydroxyl groups is 1. The molecule has 1 aromatic rings. The van der Waals surface area contributed by atoms with E-state index in [1.54, 1.807) is 19.2 Å². The van der Waals surface area contributed by atoms with Crippen LogP contribution >= 0.6 is 11.6 Å². The first kappa shape index (κ1) is 10.3. The van der Waals surface area contributed by atoms with E-state index >= 15 is 0 Å². The number of likely N-dealkylation sites (N-methyl/N-ethyl adjacent to an activating group) is 1. The van der Waals surface area contributed by atoms with Crippen LogP contribution < -0.4 is 4.90 Å². The van der Waals surface area contributed by atoms with E-state index in [4.69, 9.17) is 16.7 Å². The van der Waals surface area contributed by atoms with Crippen LogP contribution in [0, 0.1) is 0 Å². The fourth-order valence-corrected chi connectivity index (χ4v) is 1.20. The molecule has 0 saturated carbocycles. The fourth-order valence-electron chi connectivity index (χ4n) is 1.08. The van der Waals surface area contributed by atoms with Gasteiger partial charge in [0.2, 0.25) is 0 Å². The Morgan fingerprint density at radius 1 is 1.62 bits per heavy atom. The van der Waals surface area contributed by atoms with E-state index in [1.807, 2.05) is 18.0 Å². The van der Waals surface area contributed by atoms with Crippen molar-refractivity contribution in [3.05, 3.63) is 23.4 Å². The first-order valence-corrected chi connectivity index (χ1v) is 4.48. The molecule has 1 aromatic heterocycles. The molecule has 0 amide bonds. The lowest BCUT2D eigenvalue weighted by Gasteiger charge is -2.19. The average Bonchev–Trinajstić information content (AvgIpc) is 2.04. The Hall–Kier alpha value is -0.800. The van der Waals surface area contributed by atoms with Gasteiger partial charge < -0.3 is 10.0 Å². The first-order valence-electron chi connectivity index (χ1n) is 4.10. The van der Waals surface area contributed by atoms with Crippen LogP contribution in [0.2, 0.25) is 5.02 Å². The van der Waals surface area contributed by atoms with Crippen LogP contribution in [0.4, 0.5) is 5.82 Å². The molecule has 0 spiro atoms. The van der Waals surface area contributed by atoms with Gasteiger partial charge in [-0.3, -0.25) is 0 Å². The summed E-state index contributed by atoms with van der Waals surface area (Å²) in [6.45, 7) is 2.31. The summed E-state index contributed by atoms with van der Waals surface area (Å²) in [5.74, 6) is 0.810. The minimum Gasteiger partial charge on any atom is -0.392 e. The molecule has 13 heavy (non-hydrogen) atoms. The molecule has 1 atom stereocenters. The number of aliphatic hydroxyl groups excluding tert-OH is 1. The van der Waals surface area contributed by atoms with Gasteiger partial charge in [0.1, 0.15) is 5.82 Å². The largest absolute Gasteiger partial charge is 0.392 e. The molecule has 1 unspecified atom stereocenters. The van der Waals surface area contributed by atoms with E-state index in [1.165, 1.54) is 0 Å². The second-order valence-electron chi connectivity index (χ2n) is 3.06. The van der Waals surface area contributed by atoms with Crippen molar-refractivity contribution in [1.82, 2.24) is 4.98 Å². The number of halogens is 1. The van der Waals surface area contributed by atoms with Crippen molar-refractivity contribution < 1.29 is 5.11 Å². The molecule has 0 aliphatic heterocycles. The molecule has 0 aromatic carbocycles. The van der Waals surface area contributed by atoms with Crippen LogP contribution in [0.15, 0.2) is 18.3 Å². The first-order chi connectivity index (χ1) is 6.09. The maximum atomic E-state index is 9.14. The van der Waals surface area contributed by atoms with Crippen LogP contribution in [-0.2, 0) is 0 Å². The third-order valence-corrected chi connectivity index (χ3v) is 1.86. The molecule has 1 rings (SSSR count). The zero-order valence-electron chi connectivity index (χ0n) is 7.74. The number of aromatic nitrogens is 1. The number of rotatable bonds is 3. The summed E-state index contributed by atoms with van der Waals surface area (Å²) >= 11 is 5.69. The summed E-state index contributed by atoms with van der Waals surface area (Å²) in [7, 11) is 1.88. The molecule has 0 radical (unpaired) electrons. The highest BCUT2D eigenvalue weighted by atomic mass is 35.5. The quantitative estimate of drug-likeness (QED) is 0.805. The summed E-state index contributed by atoms with van der Waals surface area (Å²) in [6.07, 6.45) is 1.23. The maximum absolute atomic E-state index is 9.14. The molecular weight excluding hydrogens is 188 g/mol. The molecule has 0 saturated heterocycles. The van der Waals surface area contributed by atoms with Gasteiger partial charge in [-0.25, -0.2) is 4.98 Å². The predicted molar refractivity (Wildman–Crippen MR) is 54.2 cm³/mol. The lowest BCUT2D eigenvalue weighted by molar-refractivity contribution is 0.201. The Kier molecular flexibility index (Phi) is 3.51. The topological polar surface area (TPSA) is 36.4 Å². The fraction of sp³-hybridized carbons (Fsp3) is 0.444. The normalized spacial score (nSPS) is 12.6. The van der Waals surface area contributed by atoms with Gasteiger partial charge in [-0.05, 0) is 19.1 Å². The van der Waals surface area contributed by atoms with Gasteiger partial charge >= 0.3 is 0 Å². The second kappa shape index (κ2) is 4.44. The van der Waals surface area contributed by atoms with E-state index in [0.29, 0.717) is 11.6 Å². The monoisotopic (exact) mass is 200 g/mol. The number of hydrogen-bond acceptors (Lipinski definition) is 3. The Labute approximate surface area is 83.0 Å². The van der Waals surface area contributed by atoms with Crippen LogP contribution in [0.1, 0.15) is 6.92 Å². The van der Waals surface area contributed by atoms with Crippen molar-refractivity contribution in [2.24, 2.45) is 0 Å². The smallest absolute Gasteiger partial charge is 0.128 e. The van der Waals surface area contributed by atoms with Crippen molar-refractivity contribution in [2.75, 3.05) is 18.5 Å². The Morgan fingerprint density at radius 2 is 2.31 bits per heavy atom. The third-order valence-electron chi connectivity index (χ3n) is 1.64. The molecule has 1 N–H and O–H groups in total. The summed E-state index contributed by atoms with van der Waals surface area (Å²) in [4.78, 5) is 5.99. The van der Waals surface area contributed by atoms with Gasteiger partial charge in [0.25, 0.3) is 0 Å². The Balaban J connectivity index is 2.66. The molecular formula is C9H13ClN2O. The standard InChI is InChI=1S/C9H13ClN2O/c1-7(13)6-12(2)9-4-3-8(10)5-11-9/h3-5,7,13H,6H2,1-2H3. The Bertz CT molecular complexity index is 261. The lowest BCUT2D eigenvalue weighted by Crippen LogP contribution is -2.27. The maximum Gasteiger partial charge on any atom is 0.128 e. The minimum atomic E-state index is -0.359. The number of anilines is 1. The molecule has 0 aliphatic carbocycles. The van der Waals surface area contributed by atoms with Gasteiger partial charge in [-0.1, -0.05) is 11.6 Å². The summed E-state index contributed by atoms with van der Waals surface area (Å²) in [5.41, 5.74) is 0. The highest BCUT2D eigenvalue weighted by Gasteiger charge is 2.04. The van der Waals surface area contributed by atoms with Crippen molar-refractivity contribution >= 4 is 17.4 Å². The zero-order valence-corrected chi connectivity index (χ0v) is 8.49. The highest BCUT2D eigenvalue weighted by molar-refractivity contribution is 6.30. The van der Waals surface area contributed by atoms with Crippen molar-refractivity contribution in [1.29, 1.82) is 0 Å². The Morgan fingerprint density at radius 3 is 2.77 bits per heavy atom. The summed E-state index contributed by atoms with van der Waals surface area (Å²) in [6, 6.07) is 3.60. The minimum absolute atomic E-state index is 0.359. The molecule has 3 nitrogen and oxygen atoms in total. The highest BCUT2D eigenvalue weighted by Crippen LogP contribution is 2.12. The van der Waals surface area contributed by atoms with Gasteiger partial charge in [0.15, 0.2) is 0 Å². The lowest BCUT2D eigenvalue weighted by atomic mass is 10.3. The molecule has 0 fully saturated rings. The van der Waals surface area contributed by atoms with Gasteiger partial charge in [0.05, 0.1) is 11.1 Å². The SMILES string of the molecule is CC(O)CN(C)c1ccc(Cl)cn1. The summed E-state index contributed by atoms with van der Waals surface area (Å²) in [5, 5.41) is 9.76. The average molecular weight is 201 g/mol. The van der Waals surface area contributed by atoms with Crippen molar-refractivity contribution in [3.8, 4) is 0 Å². The van der Waals surface area contributed by atoms with Crippen LogP contribution in [0.25, 0.3) is 0 Å². The number of hydrogen-bond donors (Lipinski definition) is 1. The molecule has 72 valence electrons. The van der Waals surface area contributed by atoms with Crippen LogP contribution in [0.3, 0.4) is 0 Å². The van der Waals surface area contributed by atoms with Gasteiger partial charge in [-0.15, -0.1) is 0 Å². The number of pyridine rings is 1. The molecule has 0 aliphatic rings.